The molecule has 0 aromatic rings. The molecule has 0 aliphatic heterocycles. The van der Waals surface area contributed by atoms with Crippen molar-refractivity contribution in [3.8, 4) is 0 Å². The van der Waals surface area contributed by atoms with Crippen molar-refractivity contribution in [3.63, 3.8) is 0 Å². The van der Waals surface area contributed by atoms with Gasteiger partial charge in [0, 0.05) is 0 Å². The van der Waals surface area contributed by atoms with Crippen molar-refractivity contribution in [2.24, 2.45) is 5.92 Å². The van der Waals surface area contributed by atoms with Gasteiger partial charge in [0.2, 0.25) is 0 Å². The van der Waals surface area contributed by atoms with Crippen LogP contribution in [0, 0.1) is 5.92 Å². The van der Waals surface area contributed by atoms with Crippen molar-refractivity contribution in [1.29, 1.82) is 0 Å². The third-order valence-corrected chi connectivity index (χ3v) is 2.92. The highest BCUT2D eigenvalue weighted by Crippen LogP contribution is 2.16. The summed E-state index contributed by atoms with van der Waals surface area (Å²) in [4.78, 5) is 0. The van der Waals surface area contributed by atoms with Crippen molar-refractivity contribution in [1.82, 2.24) is 0 Å². The third kappa shape index (κ3) is 6.44. The smallest absolute Gasteiger partial charge is 0.0196 e. The van der Waals surface area contributed by atoms with Crippen LogP contribution in [-0.4, -0.2) is 0 Å². The van der Waals surface area contributed by atoms with Gasteiger partial charge in [-0.25, -0.2) is 0 Å². The predicted molar refractivity (Wildman–Crippen MR) is 73.4 cm³/mol. The Hall–Kier alpha value is -1.04. The van der Waals surface area contributed by atoms with Crippen LogP contribution < -0.4 is 0 Å². The molecule has 0 fully saturated rings. The molecule has 0 amide bonds. The first kappa shape index (κ1) is 13.0. The molecule has 1 rings (SSSR count). The molecule has 0 N–H and O–H groups in total. The molecular formula is C16H24. The topological polar surface area (TPSA) is 0 Å². The SMILES string of the molecule is C=CCCC1/C=C/CC/C=C/CC/C=C/C1. The van der Waals surface area contributed by atoms with E-state index in [1.165, 1.54) is 38.5 Å². The molecule has 0 spiro atoms. The summed E-state index contributed by atoms with van der Waals surface area (Å²) in [6.45, 7) is 3.80. The summed E-state index contributed by atoms with van der Waals surface area (Å²) < 4.78 is 0. The zero-order chi connectivity index (χ0) is 11.5. The fourth-order valence-electron chi connectivity index (χ4n) is 1.92. The highest BCUT2D eigenvalue weighted by Gasteiger charge is 2.00. The lowest BCUT2D eigenvalue weighted by atomic mass is 9.97. The lowest BCUT2D eigenvalue weighted by Crippen LogP contribution is -1.94. The number of hydrogen-bond donors (Lipinski definition) is 0. The van der Waals surface area contributed by atoms with Gasteiger partial charge >= 0.3 is 0 Å². The second-order valence-corrected chi connectivity index (χ2v) is 4.39. The van der Waals surface area contributed by atoms with Crippen LogP contribution >= 0.6 is 0 Å². The van der Waals surface area contributed by atoms with E-state index in [9.17, 15) is 0 Å². The maximum Gasteiger partial charge on any atom is -0.0196 e. The van der Waals surface area contributed by atoms with Gasteiger partial charge in [0.05, 0.1) is 0 Å². The van der Waals surface area contributed by atoms with E-state index >= 15 is 0 Å². The average Bonchev–Trinajstić information content (AvgIpc) is 2.28. The fourth-order valence-corrected chi connectivity index (χ4v) is 1.92. The van der Waals surface area contributed by atoms with E-state index in [0.29, 0.717) is 5.92 Å². The standard InChI is InChI=1S/C16H24/c1-2-3-13-16-14-11-9-7-5-4-6-8-10-12-15-16/h2,4-5,10-12,14,16H,1,3,6-9,13,15H2/b5-4+,12-10+,14-11+. The van der Waals surface area contributed by atoms with Crippen LogP contribution in [0.25, 0.3) is 0 Å². The normalized spacial score (nSPS) is 28.4. The molecule has 0 aromatic carbocycles. The lowest BCUT2D eigenvalue weighted by molar-refractivity contribution is 0.604. The van der Waals surface area contributed by atoms with Crippen LogP contribution in [-0.2, 0) is 0 Å². The molecule has 0 bridgehead atoms. The molecule has 0 heteroatoms. The van der Waals surface area contributed by atoms with Gasteiger partial charge in [0.25, 0.3) is 0 Å². The van der Waals surface area contributed by atoms with Gasteiger partial charge in [-0.05, 0) is 50.9 Å². The minimum atomic E-state index is 0.706. The molecule has 0 saturated heterocycles. The number of allylic oxidation sites excluding steroid dienone is 7. The first-order valence-electron chi connectivity index (χ1n) is 6.51. The van der Waals surface area contributed by atoms with Crippen molar-refractivity contribution < 1.29 is 0 Å². The maximum atomic E-state index is 3.80. The summed E-state index contributed by atoms with van der Waals surface area (Å²) in [7, 11) is 0. The minimum absolute atomic E-state index is 0.706. The molecule has 0 radical (unpaired) electrons. The molecule has 1 aliphatic rings. The van der Waals surface area contributed by atoms with Gasteiger partial charge in [-0.15, -0.1) is 6.58 Å². The van der Waals surface area contributed by atoms with Crippen molar-refractivity contribution >= 4 is 0 Å². The zero-order valence-electron chi connectivity index (χ0n) is 10.3. The Morgan fingerprint density at radius 2 is 1.56 bits per heavy atom. The van der Waals surface area contributed by atoms with E-state index in [1.807, 2.05) is 6.08 Å². The van der Waals surface area contributed by atoms with Crippen LogP contribution in [0.3, 0.4) is 0 Å². The molecule has 1 unspecified atom stereocenters. The van der Waals surface area contributed by atoms with Crippen molar-refractivity contribution in [3.05, 3.63) is 49.1 Å². The summed E-state index contributed by atoms with van der Waals surface area (Å²) in [6, 6.07) is 0. The van der Waals surface area contributed by atoms with Gasteiger partial charge in [0.15, 0.2) is 0 Å². The Balaban J connectivity index is 2.46. The first-order valence-corrected chi connectivity index (χ1v) is 6.51. The zero-order valence-corrected chi connectivity index (χ0v) is 10.3. The molecule has 0 saturated carbocycles. The van der Waals surface area contributed by atoms with Gasteiger partial charge in [-0.2, -0.15) is 0 Å². The molecule has 0 aromatic heterocycles. The highest BCUT2D eigenvalue weighted by molar-refractivity contribution is 4.98. The molecule has 0 nitrogen and oxygen atoms in total. The predicted octanol–water partition coefficient (Wildman–Crippen LogP) is 5.20. The van der Waals surface area contributed by atoms with E-state index in [0.717, 1.165) is 6.42 Å². The van der Waals surface area contributed by atoms with Crippen LogP contribution in [0.1, 0.15) is 44.9 Å². The molecule has 88 valence electrons. The average molecular weight is 216 g/mol. The summed E-state index contributed by atoms with van der Waals surface area (Å²) in [5, 5.41) is 0. The van der Waals surface area contributed by atoms with E-state index in [4.69, 9.17) is 0 Å². The summed E-state index contributed by atoms with van der Waals surface area (Å²) >= 11 is 0. The Morgan fingerprint density at radius 3 is 2.25 bits per heavy atom. The lowest BCUT2D eigenvalue weighted by Gasteiger charge is -2.08. The van der Waals surface area contributed by atoms with Crippen LogP contribution in [0.4, 0.5) is 0 Å². The third-order valence-electron chi connectivity index (χ3n) is 2.92. The monoisotopic (exact) mass is 216 g/mol. The molecule has 1 aliphatic carbocycles. The number of hydrogen-bond acceptors (Lipinski definition) is 0. The van der Waals surface area contributed by atoms with Gasteiger partial charge in [-0.1, -0.05) is 42.5 Å². The fraction of sp³-hybridized carbons (Fsp3) is 0.500. The van der Waals surface area contributed by atoms with E-state index in [1.54, 1.807) is 0 Å². The van der Waals surface area contributed by atoms with Crippen molar-refractivity contribution in [2.75, 3.05) is 0 Å². The van der Waals surface area contributed by atoms with Crippen LogP contribution in [0.2, 0.25) is 0 Å². The maximum absolute atomic E-state index is 3.80. The second-order valence-electron chi connectivity index (χ2n) is 4.39. The highest BCUT2D eigenvalue weighted by atomic mass is 14.1. The molecule has 0 heterocycles. The summed E-state index contributed by atoms with van der Waals surface area (Å²) in [5.74, 6) is 0.706. The van der Waals surface area contributed by atoms with E-state index in [-0.39, 0.29) is 0 Å². The van der Waals surface area contributed by atoms with Gasteiger partial charge in [0.1, 0.15) is 0 Å². The Morgan fingerprint density at radius 1 is 0.938 bits per heavy atom. The number of rotatable bonds is 3. The van der Waals surface area contributed by atoms with E-state index in [2.05, 4.69) is 43.0 Å². The minimum Gasteiger partial charge on any atom is -0.103 e. The second kappa shape index (κ2) is 9.21. The van der Waals surface area contributed by atoms with Crippen LogP contribution in [0.5, 0.6) is 0 Å². The van der Waals surface area contributed by atoms with Gasteiger partial charge < -0.3 is 0 Å². The van der Waals surface area contributed by atoms with Crippen molar-refractivity contribution in [2.45, 2.75) is 44.9 Å². The Kier molecular flexibility index (Phi) is 7.49. The van der Waals surface area contributed by atoms with Crippen LogP contribution in [0.15, 0.2) is 49.1 Å². The Bertz CT molecular complexity index is 255. The summed E-state index contributed by atoms with van der Waals surface area (Å²) in [6.07, 6.45) is 24.3. The Labute approximate surface area is 100 Å². The van der Waals surface area contributed by atoms with E-state index < -0.39 is 0 Å². The molecule has 1 atom stereocenters. The van der Waals surface area contributed by atoms with Gasteiger partial charge in [-0.3, -0.25) is 0 Å². The molecule has 16 heavy (non-hydrogen) atoms. The summed E-state index contributed by atoms with van der Waals surface area (Å²) in [5.41, 5.74) is 0. The quantitative estimate of drug-likeness (QED) is 0.569. The molecular weight excluding hydrogens is 192 g/mol. The first-order chi connectivity index (χ1) is 7.93. The largest absolute Gasteiger partial charge is 0.103 e.